The third kappa shape index (κ3) is 3.30. The summed E-state index contributed by atoms with van der Waals surface area (Å²) in [6.45, 7) is 0. The number of nitrogens with one attached hydrogen (secondary N) is 1. The van der Waals surface area contributed by atoms with Crippen molar-refractivity contribution in [3.63, 3.8) is 0 Å². The van der Waals surface area contributed by atoms with Crippen LogP contribution in [0.15, 0.2) is 4.99 Å². The summed E-state index contributed by atoms with van der Waals surface area (Å²) in [6.07, 6.45) is 9.86. The highest BCUT2D eigenvalue weighted by atomic mass is 32.2. The molecule has 3 nitrogen and oxygen atoms in total. The molecule has 2 rings (SSSR count). The molecule has 0 aliphatic heterocycles. The van der Waals surface area contributed by atoms with E-state index in [0.29, 0.717) is 23.3 Å². The summed E-state index contributed by atoms with van der Waals surface area (Å²) in [5.74, 6) is 0.670. The van der Waals surface area contributed by atoms with Crippen molar-refractivity contribution >= 4 is 17.7 Å². The van der Waals surface area contributed by atoms with Crippen molar-refractivity contribution in [2.24, 2.45) is 10.7 Å². The summed E-state index contributed by atoms with van der Waals surface area (Å²) in [5.41, 5.74) is 5.89. The molecule has 0 saturated heterocycles. The van der Waals surface area contributed by atoms with Crippen LogP contribution in [0.5, 0.6) is 0 Å². The van der Waals surface area contributed by atoms with Crippen molar-refractivity contribution in [2.45, 2.75) is 55.9 Å². The van der Waals surface area contributed by atoms with Crippen LogP contribution >= 0.6 is 11.8 Å². The molecule has 3 N–H and O–H groups in total. The second-order valence-electron chi connectivity index (χ2n) is 4.56. The number of hydrogen-bond acceptors (Lipinski definition) is 2. The molecule has 2 atom stereocenters. The molecular weight excluding hydrogens is 206 g/mol. The van der Waals surface area contributed by atoms with Crippen molar-refractivity contribution in [1.29, 1.82) is 0 Å². The maximum absolute atomic E-state index is 5.89. The van der Waals surface area contributed by atoms with Crippen LogP contribution in [0.2, 0.25) is 0 Å². The van der Waals surface area contributed by atoms with E-state index >= 15 is 0 Å². The number of rotatable bonds is 3. The Balaban J connectivity index is 1.88. The SMILES string of the molecule is CSC1CCCCC1N=C(N)NC1CC1. The minimum atomic E-state index is 0.444. The van der Waals surface area contributed by atoms with E-state index in [0.717, 1.165) is 0 Å². The predicted octanol–water partition coefficient (Wildman–Crippen LogP) is 1.73. The molecule has 0 aromatic rings. The van der Waals surface area contributed by atoms with Gasteiger partial charge in [-0.05, 0) is 31.9 Å². The summed E-state index contributed by atoms with van der Waals surface area (Å²) in [4.78, 5) is 4.63. The predicted molar refractivity (Wildman–Crippen MR) is 67.3 cm³/mol. The Morgan fingerprint density at radius 1 is 1.27 bits per heavy atom. The minimum Gasteiger partial charge on any atom is -0.370 e. The van der Waals surface area contributed by atoms with Crippen molar-refractivity contribution in [3.8, 4) is 0 Å². The lowest BCUT2D eigenvalue weighted by Crippen LogP contribution is -2.37. The van der Waals surface area contributed by atoms with Crippen LogP contribution in [-0.4, -0.2) is 29.5 Å². The van der Waals surface area contributed by atoms with Gasteiger partial charge in [-0.15, -0.1) is 0 Å². The highest BCUT2D eigenvalue weighted by Gasteiger charge is 2.25. The average molecular weight is 227 g/mol. The highest BCUT2D eigenvalue weighted by Crippen LogP contribution is 2.29. The maximum atomic E-state index is 5.89. The standard InChI is InChI=1S/C11H21N3S/c1-15-10-5-3-2-4-9(10)14-11(12)13-8-6-7-8/h8-10H,2-7H2,1H3,(H3,12,13,14). The molecule has 86 valence electrons. The van der Waals surface area contributed by atoms with E-state index in [9.17, 15) is 0 Å². The molecule has 4 heteroatoms. The first kappa shape index (κ1) is 11.1. The fraction of sp³-hybridized carbons (Fsp3) is 0.909. The maximum Gasteiger partial charge on any atom is 0.189 e. The number of aliphatic imine (C=N–C) groups is 1. The molecule has 0 heterocycles. The van der Waals surface area contributed by atoms with Gasteiger partial charge in [0.1, 0.15) is 0 Å². The van der Waals surface area contributed by atoms with E-state index in [1.54, 1.807) is 0 Å². The number of thioether (sulfide) groups is 1. The zero-order chi connectivity index (χ0) is 10.7. The number of nitrogens with two attached hydrogens (primary N) is 1. The molecule has 15 heavy (non-hydrogen) atoms. The largest absolute Gasteiger partial charge is 0.370 e. The van der Waals surface area contributed by atoms with E-state index < -0.39 is 0 Å². The van der Waals surface area contributed by atoms with Gasteiger partial charge in [0.05, 0.1) is 6.04 Å². The van der Waals surface area contributed by atoms with Crippen LogP contribution in [0.3, 0.4) is 0 Å². The topological polar surface area (TPSA) is 50.4 Å². The van der Waals surface area contributed by atoms with Gasteiger partial charge >= 0.3 is 0 Å². The summed E-state index contributed by atoms with van der Waals surface area (Å²) in [5, 5.41) is 3.94. The van der Waals surface area contributed by atoms with E-state index in [-0.39, 0.29) is 0 Å². The molecule has 2 aliphatic rings. The Kier molecular flexibility index (Phi) is 3.78. The highest BCUT2D eigenvalue weighted by molar-refractivity contribution is 7.99. The van der Waals surface area contributed by atoms with E-state index in [4.69, 9.17) is 5.73 Å². The molecule has 2 saturated carbocycles. The van der Waals surface area contributed by atoms with Gasteiger partial charge in [-0.2, -0.15) is 11.8 Å². The Morgan fingerprint density at radius 2 is 2.00 bits per heavy atom. The zero-order valence-electron chi connectivity index (χ0n) is 9.41. The first-order valence-corrected chi connectivity index (χ1v) is 7.21. The second-order valence-corrected chi connectivity index (χ2v) is 5.64. The van der Waals surface area contributed by atoms with E-state index in [1.807, 2.05) is 11.8 Å². The molecule has 2 aliphatic carbocycles. The molecule has 0 amide bonds. The Labute approximate surface area is 96.3 Å². The fourth-order valence-corrected chi connectivity index (χ4v) is 3.07. The van der Waals surface area contributed by atoms with Gasteiger partial charge in [0.2, 0.25) is 0 Å². The van der Waals surface area contributed by atoms with Gasteiger partial charge in [-0.25, -0.2) is 4.99 Å². The van der Waals surface area contributed by atoms with Crippen molar-refractivity contribution in [2.75, 3.05) is 6.26 Å². The lowest BCUT2D eigenvalue weighted by molar-refractivity contribution is 0.454. The Bertz CT molecular complexity index is 238. The minimum absolute atomic E-state index is 0.444. The van der Waals surface area contributed by atoms with Crippen LogP contribution in [0.25, 0.3) is 0 Å². The quantitative estimate of drug-likeness (QED) is 0.570. The smallest absolute Gasteiger partial charge is 0.189 e. The number of hydrogen-bond donors (Lipinski definition) is 2. The molecule has 0 bridgehead atoms. The van der Waals surface area contributed by atoms with Crippen LogP contribution in [0.4, 0.5) is 0 Å². The molecule has 0 radical (unpaired) electrons. The van der Waals surface area contributed by atoms with Crippen LogP contribution in [-0.2, 0) is 0 Å². The van der Waals surface area contributed by atoms with E-state index in [1.165, 1.54) is 38.5 Å². The lowest BCUT2D eigenvalue weighted by Gasteiger charge is -2.27. The van der Waals surface area contributed by atoms with Gasteiger partial charge in [0.25, 0.3) is 0 Å². The fourth-order valence-electron chi connectivity index (χ4n) is 2.15. The normalized spacial score (nSPS) is 32.7. The van der Waals surface area contributed by atoms with E-state index in [2.05, 4.69) is 16.6 Å². The number of nitrogens with zero attached hydrogens (tertiary/aromatic N) is 1. The van der Waals surface area contributed by atoms with Crippen molar-refractivity contribution < 1.29 is 0 Å². The molecule has 2 fully saturated rings. The van der Waals surface area contributed by atoms with Crippen LogP contribution < -0.4 is 11.1 Å². The van der Waals surface area contributed by atoms with Crippen molar-refractivity contribution in [3.05, 3.63) is 0 Å². The van der Waals surface area contributed by atoms with Gasteiger partial charge < -0.3 is 11.1 Å². The monoisotopic (exact) mass is 227 g/mol. The Hall–Kier alpha value is -0.380. The first-order chi connectivity index (χ1) is 7.29. The third-order valence-corrected chi connectivity index (χ3v) is 4.36. The summed E-state index contributed by atoms with van der Waals surface area (Å²) in [6, 6.07) is 1.06. The van der Waals surface area contributed by atoms with Crippen LogP contribution in [0, 0.1) is 0 Å². The van der Waals surface area contributed by atoms with Gasteiger partial charge in [0, 0.05) is 11.3 Å². The van der Waals surface area contributed by atoms with Gasteiger partial charge in [-0.3, -0.25) is 0 Å². The molecule has 0 aromatic carbocycles. The summed E-state index contributed by atoms with van der Waals surface area (Å²) in [7, 11) is 0. The van der Waals surface area contributed by atoms with Gasteiger partial charge in [-0.1, -0.05) is 12.8 Å². The third-order valence-electron chi connectivity index (χ3n) is 3.20. The number of guanidine groups is 1. The molecule has 0 aromatic heterocycles. The van der Waals surface area contributed by atoms with Gasteiger partial charge in [0.15, 0.2) is 5.96 Å². The zero-order valence-corrected chi connectivity index (χ0v) is 10.2. The summed E-state index contributed by atoms with van der Waals surface area (Å²) < 4.78 is 0. The lowest BCUT2D eigenvalue weighted by atomic mass is 9.95. The molecule has 0 spiro atoms. The molecular formula is C11H21N3S. The van der Waals surface area contributed by atoms with Crippen LogP contribution in [0.1, 0.15) is 38.5 Å². The molecule has 2 unspecified atom stereocenters. The first-order valence-electron chi connectivity index (χ1n) is 5.92. The average Bonchev–Trinajstić information content (AvgIpc) is 3.02. The summed E-state index contributed by atoms with van der Waals surface area (Å²) >= 11 is 1.94. The van der Waals surface area contributed by atoms with Crippen molar-refractivity contribution in [1.82, 2.24) is 5.32 Å². The Morgan fingerprint density at radius 3 is 2.67 bits per heavy atom. The second kappa shape index (κ2) is 5.10.